The van der Waals surface area contributed by atoms with Crippen molar-refractivity contribution < 1.29 is 4.74 Å². The number of aromatic amines is 1. The van der Waals surface area contributed by atoms with Crippen molar-refractivity contribution in [3.05, 3.63) is 31.6 Å². The fraction of sp³-hybridized carbons (Fsp3) is 0.200. The molecular formula is C10H9BrN2OS2. The van der Waals surface area contributed by atoms with Gasteiger partial charge in [0.2, 0.25) is 0 Å². The van der Waals surface area contributed by atoms with E-state index in [0.29, 0.717) is 11.2 Å². The summed E-state index contributed by atoms with van der Waals surface area (Å²) in [6.45, 7) is 0.476. The van der Waals surface area contributed by atoms with E-state index in [4.69, 9.17) is 17.0 Å². The quantitative estimate of drug-likeness (QED) is 0.876. The number of rotatable bonds is 3. The molecule has 0 atom stereocenters. The molecular weight excluding hydrogens is 308 g/mol. The van der Waals surface area contributed by atoms with Crippen LogP contribution in [0.5, 0.6) is 0 Å². The van der Waals surface area contributed by atoms with Crippen LogP contribution in [0.3, 0.4) is 0 Å². The van der Waals surface area contributed by atoms with Gasteiger partial charge in [0.25, 0.3) is 0 Å². The highest BCUT2D eigenvalue weighted by molar-refractivity contribution is 9.10. The maximum atomic E-state index is 5.19. The van der Waals surface area contributed by atoms with Crippen LogP contribution < -0.4 is 0 Å². The fourth-order valence-corrected chi connectivity index (χ4v) is 2.44. The summed E-state index contributed by atoms with van der Waals surface area (Å²) >= 11 is 10.2. The molecule has 2 aromatic heterocycles. The van der Waals surface area contributed by atoms with Crippen molar-refractivity contribution in [3.63, 3.8) is 0 Å². The molecule has 84 valence electrons. The maximum Gasteiger partial charge on any atom is 0.144 e. The van der Waals surface area contributed by atoms with E-state index in [-0.39, 0.29) is 0 Å². The van der Waals surface area contributed by atoms with Gasteiger partial charge >= 0.3 is 0 Å². The highest BCUT2D eigenvalue weighted by Crippen LogP contribution is 2.23. The summed E-state index contributed by atoms with van der Waals surface area (Å²) in [5.41, 5.74) is 1.95. The summed E-state index contributed by atoms with van der Waals surface area (Å²) in [5.74, 6) is 0.779. The minimum atomic E-state index is 0.476. The van der Waals surface area contributed by atoms with E-state index >= 15 is 0 Å². The molecule has 0 amide bonds. The number of ether oxygens (including phenoxy) is 1. The largest absolute Gasteiger partial charge is 0.378 e. The number of methoxy groups -OCH3 is 1. The van der Waals surface area contributed by atoms with Gasteiger partial charge in [-0.05, 0) is 27.4 Å². The topological polar surface area (TPSA) is 37.9 Å². The molecule has 0 spiro atoms. The zero-order chi connectivity index (χ0) is 11.5. The van der Waals surface area contributed by atoms with Crippen molar-refractivity contribution in [1.82, 2.24) is 9.97 Å². The molecule has 16 heavy (non-hydrogen) atoms. The van der Waals surface area contributed by atoms with Crippen molar-refractivity contribution in [2.75, 3.05) is 7.11 Å². The van der Waals surface area contributed by atoms with Crippen molar-refractivity contribution >= 4 is 39.5 Å². The van der Waals surface area contributed by atoms with Gasteiger partial charge in [0.15, 0.2) is 0 Å². The van der Waals surface area contributed by atoms with E-state index in [1.54, 1.807) is 18.4 Å². The van der Waals surface area contributed by atoms with Crippen LogP contribution >= 0.6 is 39.5 Å². The Kier molecular flexibility index (Phi) is 3.86. The zero-order valence-corrected chi connectivity index (χ0v) is 11.7. The van der Waals surface area contributed by atoms with Crippen LogP contribution in [0.1, 0.15) is 5.69 Å². The summed E-state index contributed by atoms with van der Waals surface area (Å²) in [7, 11) is 1.65. The van der Waals surface area contributed by atoms with E-state index in [0.717, 1.165) is 21.6 Å². The maximum absolute atomic E-state index is 5.19. The number of nitrogens with zero attached hydrogens (tertiary/aromatic N) is 1. The monoisotopic (exact) mass is 316 g/mol. The van der Waals surface area contributed by atoms with Crippen LogP contribution in [0.4, 0.5) is 0 Å². The molecule has 0 saturated carbocycles. The summed E-state index contributed by atoms with van der Waals surface area (Å²) < 4.78 is 6.45. The molecule has 3 nitrogen and oxygen atoms in total. The lowest BCUT2D eigenvalue weighted by molar-refractivity contribution is 0.181. The lowest BCUT2D eigenvalue weighted by atomic mass is 10.3. The summed E-state index contributed by atoms with van der Waals surface area (Å²) in [6.07, 6.45) is 0. The van der Waals surface area contributed by atoms with Gasteiger partial charge in [-0.1, -0.05) is 12.2 Å². The molecule has 0 aliphatic heterocycles. The number of aromatic nitrogens is 2. The second kappa shape index (κ2) is 5.18. The third-order valence-electron chi connectivity index (χ3n) is 2.02. The normalized spacial score (nSPS) is 10.6. The average Bonchev–Trinajstić information content (AvgIpc) is 2.78. The Labute approximate surface area is 111 Å². The lowest BCUT2D eigenvalue weighted by Crippen LogP contribution is -1.99. The average molecular weight is 317 g/mol. The van der Waals surface area contributed by atoms with Gasteiger partial charge in [0, 0.05) is 18.1 Å². The summed E-state index contributed by atoms with van der Waals surface area (Å²) in [6, 6.07) is 2.00. The molecule has 2 rings (SSSR count). The Hall–Kier alpha value is -0.560. The first-order chi connectivity index (χ1) is 7.72. The SMILES string of the molecule is COCc1[nH]c(-c2ccsc2)nc(=S)c1Br. The van der Waals surface area contributed by atoms with Gasteiger partial charge < -0.3 is 9.72 Å². The lowest BCUT2D eigenvalue weighted by Gasteiger charge is -2.06. The van der Waals surface area contributed by atoms with Crippen LogP contribution in [-0.2, 0) is 11.3 Å². The third kappa shape index (κ3) is 2.40. The molecule has 0 fully saturated rings. The van der Waals surface area contributed by atoms with Gasteiger partial charge in [-0.2, -0.15) is 11.3 Å². The number of nitrogens with one attached hydrogen (secondary N) is 1. The number of H-pyrrole nitrogens is 1. The molecule has 0 bridgehead atoms. The van der Waals surface area contributed by atoms with Crippen LogP contribution in [0, 0.1) is 4.64 Å². The smallest absolute Gasteiger partial charge is 0.144 e. The molecule has 0 aliphatic carbocycles. The molecule has 0 radical (unpaired) electrons. The van der Waals surface area contributed by atoms with Gasteiger partial charge in [-0.25, -0.2) is 4.98 Å². The van der Waals surface area contributed by atoms with E-state index in [1.165, 1.54) is 0 Å². The van der Waals surface area contributed by atoms with Crippen LogP contribution in [-0.4, -0.2) is 17.1 Å². The Morgan fingerprint density at radius 1 is 1.62 bits per heavy atom. The van der Waals surface area contributed by atoms with E-state index in [9.17, 15) is 0 Å². The zero-order valence-electron chi connectivity index (χ0n) is 8.49. The van der Waals surface area contributed by atoms with Crippen LogP contribution in [0.25, 0.3) is 11.4 Å². The molecule has 0 unspecified atom stereocenters. The van der Waals surface area contributed by atoms with Crippen LogP contribution in [0.15, 0.2) is 21.3 Å². The van der Waals surface area contributed by atoms with Crippen LogP contribution in [0.2, 0.25) is 0 Å². The summed E-state index contributed by atoms with van der Waals surface area (Å²) in [5, 5.41) is 4.03. The Morgan fingerprint density at radius 2 is 2.44 bits per heavy atom. The van der Waals surface area contributed by atoms with Gasteiger partial charge in [-0.15, -0.1) is 0 Å². The minimum absolute atomic E-state index is 0.476. The predicted octanol–water partition coefficient (Wildman–Crippen LogP) is 3.78. The summed E-state index contributed by atoms with van der Waals surface area (Å²) in [4.78, 5) is 7.54. The first-order valence-corrected chi connectivity index (χ1v) is 6.67. The molecule has 6 heteroatoms. The molecule has 1 N–H and O–H groups in total. The molecule has 0 aromatic carbocycles. The van der Waals surface area contributed by atoms with Gasteiger partial charge in [0.05, 0.1) is 16.8 Å². The van der Waals surface area contributed by atoms with E-state index < -0.39 is 0 Å². The number of hydrogen-bond acceptors (Lipinski definition) is 4. The third-order valence-corrected chi connectivity index (χ3v) is 4.11. The van der Waals surface area contributed by atoms with Crippen molar-refractivity contribution in [2.24, 2.45) is 0 Å². The van der Waals surface area contributed by atoms with E-state index in [1.807, 2.05) is 16.8 Å². The first-order valence-electron chi connectivity index (χ1n) is 4.52. The second-order valence-electron chi connectivity index (χ2n) is 3.13. The van der Waals surface area contributed by atoms with Gasteiger partial charge in [0.1, 0.15) is 10.5 Å². The molecule has 2 aromatic rings. The Balaban J connectivity index is 2.53. The van der Waals surface area contributed by atoms with Crippen molar-refractivity contribution in [3.8, 4) is 11.4 Å². The van der Waals surface area contributed by atoms with Crippen molar-refractivity contribution in [2.45, 2.75) is 6.61 Å². The standard InChI is InChI=1S/C10H9BrN2OS2/c1-14-4-7-8(11)10(15)13-9(12-7)6-2-3-16-5-6/h2-3,5H,4H2,1H3,(H,12,13,15). The highest BCUT2D eigenvalue weighted by atomic mass is 79.9. The molecule has 0 saturated heterocycles. The second-order valence-corrected chi connectivity index (χ2v) is 5.09. The minimum Gasteiger partial charge on any atom is -0.378 e. The molecule has 0 aliphatic rings. The number of hydrogen-bond donors (Lipinski definition) is 1. The first kappa shape index (κ1) is 11.9. The Morgan fingerprint density at radius 3 is 3.06 bits per heavy atom. The highest BCUT2D eigenvalue weighted by Gasteiger charge is 2.07. The molecule has 2 heterocycles. The van der Waals surface area contributed by atoms with Crippen molar-refractivity contribution in [1.29, 1.82) is 0 Å². The number of halogens is 1. The Bertz CT molecular complexity index is 536. The fourth-order valence-electron chi connectivity index (χ4n) is 1.29. The predicted molar refractivity (Wildman–Crippen MR) is 71.1 cm³/mol. The number of thiophene rings is 1. The van der Waals surface area contributed by atoms with Gasteiger partial charge in [-0.3, -0.25) is 0 Å². The van der Waals surface area contributed by atoms with E-state index in [2.05, 4.69) is 25.9 Å².